The number of fused-ring (bicyclic) bond motifs is 2. The Morgan fingerprint density at radius 2 is 1.55 bits per heavy atom. The molecule has 1 aliphatic carbocycles. The molecule has 0 unspecified atom stereocenters. The Labute approximate surface area is 196 Å². The molecular formula is C23H35N3O6S. The molecule has 3 atom stereocenters. The second kappa shape index (κ2) is 9.37. The summed E-state index contributed by atoms with van der Waals surface area (Å²) in [6.45, 7) is 5.71. The summed E-state index contributed by atoms with van der Waals surface area (Å²) in [5, 5.41) is -0.0568. The van der Waals surface area contributed by atoms with E-state index in [1.165, 1.54) is 12.4 Å². The smallest absolute Gasteiger partial charge is 0.410 e. The highest BCUT2D eigenvalue weighted by atomic mass is 32.2. The molecule has 0 radical (unpaired) electrons. The van der Waals surface area contributed by atoms with E-state index in [2.05, 4.69) is 9.97 Å². The summed E-state index contributed by atoms with van der Waals surface area (Å²) in [5.74, 6) is 0.345. The Kier molecular flexibility index (Phi) is 6.87. The summed E-state index contributed by atoms with van der Waals surface area (Å²) in [4.78, 5) is 22.6. The molecule has 10 heteroatoms. The van der Waals surface area contributed by atoms with E-state index in [9.17, 15) is 13.2 Å². The van der Waals surface area contributed by atoms with Crippen LogP contribution in [0.5, 0.6) is 5.88 Å². The first-order chi connectivity index (χ1) is 15.5. The van der Waals surface area contributed by atoms with Crippen LogP contribution in [-0.2, 0) is 19.3 Å². The predicted octanol–water partition coefficient (Wildman–Crippen LogP) is 3.52. The lowest BCUT2D eigenvalue weighted by Gasteiger charge is -2.41. The van der Waals surface area contributed by atoms with E-state index in [1.54, 1.807) is 0 Å². The molecule has 2 bridgehead atoms. The summed E-state index contributed by atoms with van der Waals surface area (Å²) in [6, 6.07) is 0.411. The van der Waals surface area contributed by atoms with Crippen molar-refractivity contribution in [3.63, 3.8) is 0 Å². The summed E-state index contributed by atoms with van der Waals surface area (Å²) in [7, 11) is -3.37. The molecule has 33 heavy (non-hydrogen) atoms. The van der Waals surface area contributed by atoms with Gasteiger partial charge in [-0.15, -0.1) is 0 Å². The quantitative estimate of drug-likeness (QED) is 0.629. The topological polar surface area (TPSA) is 108 Å². The summed E-state index contributed by atoms with van der Waals surface area (Å²) >= 11 is 0. The van der Waals surface area contributed by atoms with Gasteiger partial charge in [0.2, 0.25) is 5.88 Å². The summed E-state index contributed by atoms with van der Waals surface area (Å²) < 4.78 is 41.0. The van der Waals surface area contributed by atoms with Gasteiger partial charge in [-0.3, -0.25) is 0 Å². The van der Waals surface area contributed by atoms with Crippen molar-refractivity contribution in [2.24, 2.45) is 0 Å². The third kappa shape index (κ3) is 6.15. The van der Waals surface area contributed by atoms with Crippen LogP contribution in [0, 0.1) is 0 Å². The number of aromatic nitrogens is 2. The van der Waals surface area contributed by atoms with Gasteiger partial charge < -0.3 is 19.1 Å². The van der Waals surface area contributed by atoms with E-state index in [0.29, 0.717) is 5.88 Å². The molecular weight excluding hydrogens is 446 g/mol. The number of nitrogens with zero attached hydrogens (tertiary/aromatic N) is 3. The first kappa shape index (κ1) is 24.2. The minimum Gasteiger partial charge on any atom is -0.473 e. The van der Waals surface area contributed by atoms with Crippen molar-refractivity contribution in [3.8, 4) is 5.88 Å². The highest BCUT2D eigenvalue weighted by molar-refractivity contribution is 7.90. The van der Waals surface area contributed by atoms with Gasteiger partial charge in [-0.05, 0) is 72.1 Å². The van der Waals surface area contributed by atoms with Crippen molar-refractivity contribution < 1.29 is 27.4 Å². The number of sulfone groups is 1. The van der Waals surface area contributed by atoms with Crippen molar-refractivity contribution in [1.82, 2.24) is 14.9 Å². The van der Waals surface area contributed by atoms with Crippen LogP contribution in [0.3, 0.4) is 0 Å². The lowest BCUT2D eigenvalue weighted by atomic mass is 9.93. The van der Waals surface area contributed by atoms with E-state index in [-0.39, 0.29) is 41.5 Å². The second-order valence-corrected chi connectivity index (χ2v) is 12.4. The Morgan fingerprint density at radius 3 is 2.06 bits per heavy atom. The molecule has 3 fully saturated rings. The molecule has 1 saturated carbocycles. The summed E-state index contributed by atoms with van der Waals surface area (Å²) in [5.41, 5.74) is -0.480. The molecule has 9 nitrogen and oxygen atoms in total. The van der Waals surface area contributed by atoms with Crippen molar-refractivity contribution >= 4 is 15.9 Å². The molecule has 184 valence electrons. The van der Waals surface area contributed by atoms with Gasteiger partial charge in [-0.25, -0.2) is 23.2 Å². The van der Waals surface area contributed by atoms with Gasteiger partial charge in [-0.1, -0.05) is 0 Å². The standard InChI is InChI=1S/C23H35N3O6S/c1-23(2,3)32-22(27)26-15-5-6-16(26)12-19(11-15)30-17-7-9-18(10-8-17)31-20-13-25-21(14-24-20)33(4,28)29/h13-19H,5-12H2,1-4H3/t15-,16+,17-,18-,19-. The summed E-state index contributed by atoms with van der Waals surface area (Å²) in [6.07, 6.45) is 11.2. The number of hydrogen-bond acceptors (Lipinski definition) is 8. The fourth-order valence-electron chi connectivity index (χ4n) is 5.14. The molecule has 3 heterocycles. The average molecular weight is 482 g/mol. The van der Waals surface area contributed by atoms with E-state index < -0.39 is 15.4 Å². The van der Waals surface area contributed by atoms with Gasteiger partial charge >= 0.3 is 6.09 Å². The maximum atomic E-state index is 12.6. The van der Waals surface area contributed by atoms with Gasteiger partial charge in [0, 0.05) is 18.3 Å². The number of piperidine rings is 1. The maximum Gasteiger partial charge on any atom is 0.410 e. The van der Waals surface area contributed by atoms with Crippen molar-refractivity contribution in [2.45, 2.75) is 113 Å². The monoisotopic (exact) mass is 481 g/mol. The highest BCUT2D eigenvalue weighted by Gasteiger charge is 2.45. The first-order valence-electron chi connectivity index (χ1n) is 11.8. The number of hydrogen-bond donors (Lipinski definition) is 0. The molecule has 1 aromatic rings. The van der Waals surface area contributed by atoms with Gasteiger partial charge in [0.1, 0.15) is 11.7 Å². The molecule has 3 aliphatic rings. The van der Waals surface area contributed by atoms with E-state index in [0.717, 1.165) is 57.6 Å². The lowest BCUT2D eigenvalue weighted by Crippen LogP contribution is -2.50. The average Bonchev–Trinajstić information content (AvgIpc) is 2.99. The number of carbonyl (C=O) groups is 1. The zero-order valence-electron chi connectivity index (χ0n) is 19.9. The number of rotatable bonds is 5. The van der Waals surface area contributed by atoms with Gasteiger partial charge in [-0.2, -0.15) is 0 Å². The van der Waals surface area contributed by atoms with Crippen molar-refractivity contribution in [3.05, 3.63) is 12.4 Å². The second-order valence-electron chi connectivity index (χ2n) is 10.5. The lowest BCUT2D eigenvalue weighted by molar-refractivity contribution is -0.0815. The molecule has 4 rings (SSSR count). The Balaban J connectivity index is 1.23. The number of carbonyl (C=O) groups excluding carboxylic acids is 1. The maximum absolute atomic E-state index is 12.6. The van der Waals surface area contributed by atoms with E-state index in [4.69, 9.17) is 14.2 Å². The SMILES string of the molecule is CC(C)(C)OC(=O)N1[C@@H]2CC[C@H]1C[C@H](O[C@H]1CC[C@H](Oc3cnc(S(C)(=O)=O)cn3)CC1)C2. The van der Waals surface area contributed by atoms with Crippen molar-refractivity contribution in [1.29, 1.82) is 0 Å². The minimum absolute atomic E-state index is 0.0217. The fourth-order valence-corrected chi connectivity index (χ4v) is 5.63. The van der Waals surface area contributed by atoms with Crippen LogP contribution in [-0.4, -0.2) is 71.6 Å². The predicted molar refractivity (Wildman–Crippen MR) is 121 cm³/mol. The molecule has 0 aromatic carbocycles. The number of ether oxygens (including phenoxy) is 3. The van der Waals surface area contributed by atoms with Crippen LogP contribution in [0.25, 0.3) is 0 Å². The van der Waals surface area contributed by atoms with Gasteiger partial charge in [0.05, 0.1) is 24.6 Å². The van der Waals surface area contributed by atoms with E-state index >= 15 is 0 Å². The Bertz CT molecular complexity index is 924. The largest absolute Gasteiger partial charge is 0.473 e. The molecule has 1 aromatic heterocycles. The van der Waals surface area contributed by atoms with Crippen molar-refractivity contribution in [2.75, 3.05) is 6.26 Å². The molecule has 2 saturated heterocycles. The normalized spacial score (nSPS) is 30.2. The van der Waals surface area contributed by atoms with Crippen LogP contribution in [0.15, 0.2) is 17.4 Å². The van der Waals surface area contributed by atoms with Crippen LogP contribution in [0.2, 0.25) is 0 Å². The Morgan fingerprint density at radius 1 is 0.939 bits per heavy atom. The zero-order valence-corrected chi connectivity index (χ0v) is 20.7. The van der Waals surface area contributed by atoms with Crippen LogP contribution < -0.4 is 4.74 Å². The third-order valence-corrected chi connectivity index (χ3v) is 7.54. The van der Waals surface area contributed by atoms with Crippen LogP contribution in [0.1, 0.15) is 72.1 Å². The zero-order chi connectivity index (χ0) is 23.8. The Hall–Kier alpha value is -1.94. The number of amides is 1. The molecule has 0 N–H and O–H groups in total. The van der Waals surface area contributed by atoms with Crippen LogP contribution in [0.4, 0.5) is 4.79 Å². The molecule has 2 aliphatic heterocycles. The molecule has 1 amide bonds. The molecule has 0 spiro atoms. The fraction of sp³-hybridized carbons (Fsp3) is 0.783. The highest BCUT2D eigenvalue weighted by Crippen LogP contribution is 2.39. The van der Waals surface area contributed by atoms with E-state index in [1.807, 2.05) is 25.7 Å². The van der Waals surface area contributed by atoms with Gasteiger partial charge in [0.15, 0.2) is 14.9 Å². The minimum atomic E-state index is -3.37. The third-order valence-electron chi connectivity index (χ3n) is 6.57. The first-order valence-corrected chi connectivity index (χ1v) is 13.7. The van der Waals surface area contributed by atoms with Gasteiger partial charge in [0.25, 0.3) is 0 Å². The van der Waals surface area contributed by atoms with Crippen LogP contribution >= 0.6 is 0 Å².